The van der Waals surface area contributed by atoms with E-state index in [-0.39, 0.29) is 33.4 Å². The Bertz CT molecular complexity index is 2480. The van der Waals surface area contributed by atoms with Crippen LogP contribution in [0, 0.1) is 6.92 Å². The number of nitrogens with one attached hydrogen (secondary N) is 2. The molecule has 0 bridgehead atoms. The number of carbonyl (C=O) groups is 6. The largest absolute Gasteiger partial charge is 0.399 e. The summed E-state index contributed by atoms with van der Waals surface area (Å²) in [6.07, 6.45) is 0. The minimum absolute atomic E-state index is 0.136. The summed E-state index contributed by atoms with van der Waals surface area (Å²) in [5.74, 6) is -2.84. The molecular weight excluding hydrogens is 719 g/mol. The van der Waals surface area contributed by atoms with Gasteiger partial charge >= 0.3 is 0 Å². The van der Waals surface area contributed by atoms with Crippen molar-refractivity contribution in [2.75, 3.05) is 26.2 Å². The number of hydrogen-bond donors (Lipinski definition) is 3. The van der Waals surface area contributed by atoms with E-state index in [2.05, 4.69) is 10.6 Å². The van der Waals surface area contributed by atoms with Crippen LogP contribution < -0.4 is 26.2 Å². The van der Waals surface area contributed by atoms with Gasteiger partial charge in [0.15, 0.2) is 0 Å². The molecule has 6 aromatic rings. The predicted octanol–water partition coefficient (Wildman–Crippen LogP) is 8.01. The number of carbonyl (C=O) groups excluding carboxylic acids is 6. The number of hydrogen-bond acceptors (Lipinski definition) is 7. The van der Waals surface area contributed by atoms with Gasteiger partial charge in [0.25, 0.3) is 35.4 Å². The summed E-state index contributed by atoms with van der Waals surface area (Å²) >= 11 is 0. The van der Waals surface area contributed by atoms with Crippen molar-refractivity contribution in [3.05, 3.63) is 184 Å². The van der Waals surface area contributed by atoms with Crippen LogP contribution in [0.5, 0.6) is 0 Å². The van der Waals surface area contributed by atoms with Crippen molar-refractivity contribution in [3.63, 3.8) is 0 Å². The molecule has 0 aromatic heterocycles. The number of imide groups is 2. The molecule has 0 fully saturated rings. The number of rotatable bonds is 8. The molecule has 0 radical (unpaired) electrons. The second kappa shape index (κ2) is 13.9. The molecule has 8 rings (SSSR count). The Hall–Kier alpha value is -7.66. The van der Waals surface area contributed by atoms with E-state index in [0.29, 0.717) is 28.4 Å². The lowest BCUT2D eigenvalue weighted by atomic mass is 9.78. The number of amides is 6. The summed E-state index contributed by atoms with van der Waals surface area (Å²) in [5, 5.41) is 5.59. The van der Waals surface area contributed by atoms with Crippen LogP contribution >= 0.6 is 0 Å². The fourth-order valence-electron chi connectivity index (χ4n) is 7.06. The number of nitrogens with two attached hydrogens (primary N) is 1. The lowest BCUT2D eigenvalue weighted by molar-refractivity contribution is 0.0910. The van der Waals surface area contributed by atoms with E-state index in [1.807, 2.05) is 57.2 Å². The van der Waals surface area contributed by atoms with Crippen molar-refractivity contribution >= 4 is 63.9 Å². The maximum Gasteiger partial charge on any atom is 0.266 e. The minimum atomic E-state index is -0.562. The van der Waals surface area contributed by atoms with E-state index in [4.69, 9.17) is 5.73 Å². The number of nitrogen functional groups attached to an aromatic ring is 1. The average Bonchev–Trinajstić information content (AvgIpc) is 3.62. The lowest BCUT2D eigenvalue weighted by Gasteiger charge is -2.27. The van der Waals surface area contributed by atoms with Crippen molar-refractivity contribution < 1.29 is 28.8 Å². The van der Waals surface area contributed by atoms with Crippen molar-refractivity contribution in [3.8, 4) is 0 Å². The first-order valence-corrected chi connectivity index (χ1v) is 18.1. The fraction of sp³-hybridized carbons (Fsp3) is 0.0870. The highest BCUT2D eigenvalue weighted by atomic mass is 16.2. The molecule has 4 N–H and O–H groups in total. The van der Waals surface area contributed by atoms with Gasteiger partial charge in [0.05, 0.1) is 33.6 Å². The van der Waals surface area contributed by atoms with Gasteiger partial charge in [-0.05, 0) is 115 Å². The molecule has 2 heterocycles. The van der Waals surface area contributed by atoms with Crippen LogP contribution in [0.3, 0.4) is 0 Å². The Kier molecular flexibility index (Phi) is 8.85. The minimum Gasteiger partial charge on any atom is -0.399 e. The summed E-state index contributed by atoms with van der Waals surface area (Å²) in [6, 6.07) is 37.1. The molecule has 6 aromatic carbocycles. The SMILES string of the molecule is Cc1ccc(NC(=O)c2ccc3c(c2)C(=O)N(c2ccc(C(C)(C)c4ccc(N5C(=O)c6ccc(C(=O)Nc7ccc(N)cc7)cc6C5=O)cc4)cc2)C3=O)cc1. The van der Waals surface area contributed by atoms with Crippen LogP contribution in [0.1, 0.15) is 92.7 Å². The first-order valence-electron chi connectivity index (χ1n) is 18.1. The number of fused-ring (bicyclic) bond motifs is 2. The second-order valence-corrected chi connectivity index (χ2v) is 14.5. The number of anilines is 5. The highest BCUT2D eigenvalue weighted by Gasteiger charge is 2.39. The summed E-state index contributed by atoms with van der Waals surface area (Å²) in [6.45, 7) is 5.98. The van der Waals surface area contributed by atoms with Gasteiger partial charge in [0, 0.05) is 33.6 Å². The van der Waals surface area contributed by atoms with Crippen molar-refractivity contribution in [2.45, 2.75) is 26.2 Å². The normalized spacial score (nSPS) is 13.5. The first-order chi connectivity index (χ1) is 27.3. The predicted molar refractivity (Wildman–Crippen MR) is 218 cm³/mol. The summed E-state index contributed by atoms with van der Waals surface area (Å²) in [5.41, 5.74) is 11.7. The third-order valence-corrected chi connectivity index (χ3v) is 10.5. The Morgan fingerprint density at radius 3 is 1.26 bits per heavy atom. The zero-order valence-corrected chi connectivity index (χ0v) is 31.1. The zero-order chi connectivity index (χ0) is 40.2. The van der Waals surface area contributed by atoms with Gasteiger partial charge in [-0.25, -0.2) is 9.80 Å². The van der Waals surface area contributed by atoms with Crippen molar-refractivity contribution in [2.24, 2.45) is 0 Å². The molecular formula is C46H35N5O6. The molecule has 0 saturated carbocycles. The summed E-state index contributed by atoms with van der Waals surface area (Å²) < 4.78 is 0. The molecule has 57 heavy (non-hydrogen) atoms. The van der Waals surface area contributed by atoms with Gasteiger partial charge in [0.1, 0.15) is 0 Å². The summed E-state index contributed by atoms with van der Waals surface area (Å²) in [7, 11) is 0. The van der Waals surface area contributed by atoms with E-state index >= 15 is 0 Å². The molecule has 0 spiro atoms. The molecule has 11 nitrogen and oxygen atoms in total. The third-order valence-electron chi connectivity index (χ3n) is 10.5. The molecule has 11 heteroatoms. The maximum atomic E-state index is 13.6. The standard InChI is InChI=1S/C46H35N5O6/c1-26-4-14-32(15-5-26)48-40(52)27-6-22-36-38(24-27)44(56)50(42(36)54)34-18-8-29(9-19-34)46(2,3)30-10-20-35(21-11-30)51-43(55)37-23-7-28(25-39(37)45(51)57)41(53)49-33-16-12-31(47)13-17-33/h4-25H,47H2,1-3H3,(H,48,52)(H,49,53). The lowest BCUT2D eigenvalue weighted by Crippen LogP contribution is -2.30. The van der Waals surface area contributed by atoms with Gasteiger partial charge in [-0.15, -0.1) is 0 Å². The quantitative estimate of drug-likeness (QED) is 0.105. The average molecular weight is 754 g/mol. The van der Waals surface area contributed by atoms with Gasteiger partial charge in [-0.1, -0.05) is 55.8 Å². The van der Waals surface area contributed by atoms with Crippen LogP contribution in [-0.2, 0) is 5.41 Å². The third kappa shape index (κ3) is 6.50. The van der Waals surface area contributed by atoms with Crippen LogP contribution in [0.2, 0.25) is 0 Å². The highest BCUT2D eigenvalue weighted by Crippen LogP contribution is 2.37. The smallest absolute Gasteiger partial charge is 0.266 e. The topological polar surface area (TPSA) is 159 Å². The monoisotopic (exact) mass is 753 g/mol. The Morgan fingerprint density at radius 2 is 0.860 bits per heavy atom. The zero-order valence-electron chi connectivity index (χ0n) is 31.1. The van der Waals surface area contributed by atoms with Gasteiger partial charge in [0.2, 0.25) is 0 Å². The van der Waals surface area contributed by atoms with E-state index in [1.165, 1.54) is 36.4 Å². The molecule has 2 aliphatic rings. The fourth-order valence-corrected chi connectivity index (χ4v) is 7.06. The summed E-state index contributed by atoms with van der Waals surface area (Å²) in [4.78, 5) is 82.1. The van der Waals surface area contributed by atoms with Gasteiger partial charge < -0.3 is 16.4 Å². The van der Waals surface area contributed by atoms with Crippen LogP contribution in [-0.4, -0.2) is 35.4 Å². The van der Waals surface area contributed by atoms with Crippen molar-refractivity contribution in [1.29, 1.82) is 0 Å². The van der Waals surface area contributed by atoms with E-state index < -0.39 is 40.9 Å². The van der Waals surface area contributed by atoms with Crippen LogP contribution in [0.4, 0.5) is 28.4 Å². The number of aryl methyl sites for hydroxylation is 1. The molecule has 0 atom stereocenters. The Balaban J connectivity index is 0.958. The second-order valence-electron chi connectivity index (χ2n) is 14.5. The molecule has 280 valence electrons. The maximum absolute atomic E-state index is 13.6. The first kappa shape index (κ1) is 36.3. The molecule has 0 aliphatic carbocycles. The number of benzene rings is 6. The highest BCUT2D eigenvalue weighted by molar-refractivity contribution is 6.35. The van der Waals surface area contributed by atoms with Crippen molar-refractivity contribution in [1.82, 2.24) is 0 Å². The molecule has 2 aliphatic heterocycles. The molecule has 0 saturated heterocycles. The van der Waals surface area contributed by atoms with Crippen LogP contribution in [0.25, 0.3) is 0 Å². The van der Waals surface area contributed by atoms with E-state index in [0.717, 1.165) is 26.5 Å². The number of nitrogens with zero attached hydrogens (tertiary/aromatic N) is 2. The van der Waals surface area contributed by atoms with Gasteiger partial charge in [-0.2, -0.15) is 0 Å². The Labute approximate surface area is 327 Å². The molecule has 6 amide bonds. The Morgan fingerprint density at radius 1 is 0.491 bits per heavy atom. The molecule has 0 unspecified atom stereocenters. The van der Waals surface area contributed by atoms with E-state index in [9.17, 15) is 28.8 Å². The van der Waals surface area contributed by atoms with E-state index in [1.54, 1.807) is 60.7 Å². The van der Waals surface area contributed by atoms with Crippen LogP contribution in [0.15, 0.2) is 133 Å². The van der Waals surface area contributed by atoms with Gasteiger partial charge in [-0.3, -0.25) is 28.8 Å².